The van der Waals surface area contributed by atoms with Crippen molar-refractivity contribution in [3.63, 3.8) is 0 Å². The minimum absolute atomic E-state index is 0.671. The zero-order valence-electron chi connectivity index (χ0n) is 8.27. The average molecular weight is 187 g/mol. The Balaban J connectivity index is 2.26. The molecule has 0 N–H and O–H groups in total. The highest BCUT2D eigenvalue weighted by Crippen LogP contribution is 2.34. The van der Waals surface area contributed by atoms with Gasteiger partial charge < -0.3 is 4.40 Å². The minimum Gasteiger partial charge on any atom is -0.301 e. The van der Waals surface area contributed by atoms with Crippen molar-refractivity contribution in [3.05, 3.63) is 30.0 Å². The molecule has 2 aromatic heterocycles. The highest BCUT2D eigenvalue weighted by atomic mass is 15.0. The molecule has 0 saturated carbocycles. The van der Waals surface area contributed by atoms with Crippen molar-refractivity contribution in [1.29, 1.82) is 0 Å². The van der Waals surface area contributed by atoms with Gasteiger partial charge in [0.2, 0.25) is 0 Å². The second-order valence-electron chi connectivity index (χ2n) is 3.89. The molecule has 1 atom stereocenters. The largest absolute Gasteiger partial charge is 0.301 e. The van der Waals surface area contributed by atoms with E-state index in [0.717, 1.165) is 5.65 Å². The Kier molecular flexibility index (Phi) is 1.60. The normalized spacial score (nSPS) is 20.2. The third-order valence-corrected chi connectivity index (χ3v) is 3.17. The van der Waals surface area contributed by atoms with Gasteiger partial charge in [-0.3, -0.25) is 4.98 Å². The molecular formula is C11H13N3. The summed E-state index contributed by atoms with van der Waals surface area (Å²) in [5, 5.41) is 0. The molecule has 14 heavy (non-hydrogen) atoms. The second-order valence-corrected chi connectivity index (χ2v) is 3.89. The standard InChI is InChI=1S/C11H13N3/c1-2-8-3-4-9-11(8)13-10-7-12-5-6-14(9)10/h5-8H,2-4H2,1H3. The summed E-state index contributed by atoms with van der Waals surface area (Å²) >= 11 is 0. The van der Waals surface area contributed by atoms with Crippen molar-refractivity contribution in [2.45, 2.75) is 32.1 Å². The molecule has 0 spiro atoms. The third-order valence-electron chi connectivity index (χ3n) is 3.17. The molecule has 0 radical (unpaired) electrons. The second kappa shape index (κ2) is 2.80. The maximum Gasteiger partial charge on any atom is 0.155 e. The van der Waals surface area contributed by atoms with Crippen LogP contribution in [0.15, 0.2) is 18.6 Å². The lowest BCUT2D eigenvalue weighted by molar-refractivity contribution is 0.641. The molecule has 3 rings (SSSR count). The molecule has 0 bridgehead atoms. The summed E-state index contributed by atoms with van der Waals surface area (Å²) in [7, 11) is 0. The van der Waals surface area contributed by atoms with Crippen molar-refractivity contribution in [2.75, 3.05) is 0 Å². The Hall–Kier alpha value is -1.38. The van der Waals surface area contributed by atoms with Crippen LogP contribution in [-0.2, 0) is 6.42 Å². The van der Waals surface area contributed by atoms with Gasteiger partial charge in [0.15, 0.2) is 5.65 Å². The van der Waals surface area contributed by atoms with Crippen LogP contribution in [-0.4, -0.2) is 14.4 Å². The molecule has 2 heterocycles. The van der Waals surface area contributed by atoms with E-state index in [1.807, 2.05) is 18.6 Å². The topological polar surface area (TPSA) is 30.2 Å². The molecule has 3 heteroatoms. The van der Waals surface area contributed by atoms with Crippen LogP contribution < -0.4 is 0 Å². The highest BCUT2D eigenvalue weighted by molar-refractivity contribution is 5.43. The highest BCUT2D eigenvalue weighted by Gasteiger charge is 2.25. The van der Waals surface area contributed by atoms with Crippen molar-refractivity contribution >= 4 is 5.65 Å². The van der Waals surface area contributed by atoms with Gasteiger partial charge in [-0.1, -0.05) is 6.92 Å². The maximum atomic E-state index is 4.65. The number of hydrogen-bond acceptors (Lipinski definition) is 2. The van der Waals surface area contributed by atoms with E-state index in [4.69, 9.17) is 0 Å². The molecule has 3 nitrogen and oxygen atoms in total. The first kappa shape index (κ1) is 7.97. The van der Waals surface area contributed by atoms with Gasteiger partial charge in [-0.25, -0.2) is 4.98 Å². The van der Waals surface area contributed by atoms with E-state index in [-0.39, 0.29) is 0 Å². The average Bonchev–Trinajstić information content (AvgIpc) is 2.75. The van der Waals surface area contributed by atoms with Gasteiger partial charge >= 0.3 is 0 Å². The Morgan fingerprint density at radius 1 is 1.57 bits per heavy atom. The fraction of sp³-hybridized carbons (Fsp3) is 0.455. The molecule has 2 aromatic rings. The molecule has 1 aliphatic carbocycles. The molecular weight excluding hydrogens is 174 g/mol. The van der Waals surface area contributed by atoms with Crippen molar-refractivity contribution in [2.24, 2.45) is 0 Å². The molecule has 0 saturated heterocycles. The summed E-state index contributed by atoms with van der Waals surface area (Å²) in [4.78, 5) is 8.74. The smallest absolute Gasteiger partial charge is 0.155 e. The van der Waals surface area contributed by atoms with E-state index in [1.54, 1.807) is 0 Å². The van der Waals surface area contributed by atoms with Crippen LogP contribution in [0.25, 0.3) is 5.65 Å². The predicted molar refractivity (Wildman–Crippen MR) is 54.3 cm³/mol. The third kappa shape index (κ3) is 0.924. The van der Waals surface area contributed by atoms with Crippen LogP contribution in [0.1, 0.15) is 37.1 Å². The molecule has 1 aliphatic rings. The summed E-state index contributed by atoms with van der Waals surface area (Å²) in [5.41, 5.74) is 3.70. The number of rotatable bonds is 1. The fourth-order valence-electron chi connectivity index (χ4n) is 2.40. The fourth-order valence-corrected chi connectivity index (χ4v) is 2.40. The lowest BCUT2D eigenvalue weighted by Crippen LogP contribution is -1.91. The van der Waals surface area contributed by atoms with Crippen LogP contribution in [0.2, 0.25) is 0 Å². The van der Waals surface area contributed by atoms with Gasteiger partial charge in [0, 0.05) is 24.0 Å². The number of nitrogens with zero attached hydrogens (tertiary/aromatic N) is 3. The van der Waals surface area contributed by atoms with Crippen LogP contribution in [0.3, 0.4) is 0 Å². The van der Waals surface area contributed by atoms with Gasteiger partial charge in [-0.2, -0.15) is 0 Å². The summed E-state index contributed by atoms with van der Waals surface area (Å²) in [6, 6.07) is 0. The Bertz CT molecular complexity index is 472. The van der Waals surface area contributed by atoms with Gasteiger partial charge in [-0.15, -0.1) is 0 Å². The molecule has 0 amide bonds. The SMILES string of the molecule is CCC1CCc2c1nc1cnccn21. The maximum absolute atomic E-state index is 4.65. The number of hydrogen-bond donors (Lipinski definition) is 0. The minimum atomic E-state index is 0.671. The van der Waals surface area contributed by atoms with Crippen LogP contribution in [0.4, 0.5) is 0 Å². The number of fused-ring (bicyclic) bond motifs is 3. The van der Waals surface area contributed by atoms with E-state index in [0.29, 0.717) is 5.92 Å². The van der Waals surface area contributed by atoms with Gasteiger partial charge in [-0.05, 0) is 19.3 Å². The Labute approximate surface area is 82.8 Å². The van der Waals surface area contributed by atoms with E-state index in [9.17, 15) is 0 Å². The summed E-state index contributed by atoms with van der Waals surface area (Å²) in [6.45, 7) is 2.24. The zero-order chi connectivity index (χ0) is 9.54. The van der Waals surface area contributed by atoms with Crippen LogP contribution in [0.5, 0.6) is 0 Å². The molecule has 0 aromatic carbocycles. The van der Waals surface area contributed by atoms with E-state index < -0.39 is 0 Å². The van der Waals surface area contributed by atoms with Gasteiger partial charge in [0.1, 0.15) is 0 Å². The number of aryl methyl sites for hydroxylation is 1. The van der Waals surface area contributed by atoms with E-state index in [1.165, 1.54) is 30.7 Å². The summed E-state index contributed by atoms with van der Waals surface area (Å²) < 4.78 is 2.18. The van der Waals surface area contributed by atoms with Crippen LogP contribution in [0, 0.1) is 0 Å². The van der Waals surface area contributed by atoms with E-state index >= 15 is 0 Å². The van der Waals surface area contributed by atoms with Crippen molar-refractivity contribution < 1.29 is 0 Å². The lowest BCUT2D eigenvalue weighted by atomic mass is 10.1. The first-order valence-electron chi connectivity index (χ1n) is 5.21. The Morgan fingerprint density at radius 2 is 2.50 bits per heavy atom. The first-order valence-corrected chi connectivity index (χ1v) is 5.21. The Morgan fingerprint density at radius 3 is 3.36 bits per heavy atom. The molecule has 1 unspecified atom stereocenters. The van der Waals surface area contributed by atoms with Gasteiger partial charge in [0.25, 0.3) is 0 Å². The molecule has 0 aliphatic heterocycles. The van der Waals surface area contributed by atoms with Crippen molar-refractivity contribution in [1.82, 2.24) is 14.4 Å². The quantitative estimate of drug-likeness (QED) is 0.685. The monoisotopic (exact) mass is 187 g/mol. The number of aromatic nitrogens is 3. The molecule has 72 valence electrons. The van der Waals surface area contributed by atoms with E-state index in [2.05, 4.69) is 21.3 Å². The van der Waals surface area contributed by atoms with Gasteiger partial charge in [0.05, 0.1) is 11.9 Å². The van der Waals surface area contributed by atoms with Crippen LogP contribution >= 0.6 is 0 Å². The number of imidazole rings is 1. The zero-order valence-corrected chi connectivity index (χ0v) is 8.27. The predicted octanol–water partition coefficient (Wildman–Crippen LogP) is 2.17. The first-order chi connectivity index (χ1) is 6.90. The lowest BCUT2D eigenvalue weighted by Gasteiger charge is -2.01. The summed E-state index contributed by atoms with van der Waals surface area (Å²) in [5.74, 6) is 0.671. The van der Waals surface area contributed by atoms with Crippen molar-refractivity contribution in [3.8, 4) is 0 Å². The molecule has 0 fully saturated rings. The summed E-state index contributed by atoms with van der Waals surface area (Å²) in [6.07, 6.45) is 9.31.